The van der Waals surface area contributed by atoms with E-state index in [0.29, 0.717) is 0 Å². The van der Waals surface area contributed by atoms with E-state index < -0.39 is 24.2 Å². The number of nitrogens with zero attached hydrogens (tertiary/aromatic N) is 2. The molecule has 0 spiro atoms. The van der Waals surface area contributed by atoms with Crippen LogP contribution in [0.3, 0.4) is 0 Å². The van der Waals surface area contributed by atoms with Crippen LogP contribution in [-0.2, 0) is 13.0 Å². The van der Waals surface area contributed by atoms with Gasteiger partial charge in [-0.1, -0.05) is 49.4 Å². The maximum Gasteiger partial charge on any atom is 0.410 e. The minimum atomic E-state index is -4.49. The van der Waals surface area contributed by atoms with E-state index in [2.05, 4.69) is 15.7 Å². The summed E-state index contributed by atoms with van der Waals surface area (Å²) < 4.78 is 42.6. The SMILES string of the molecule is CCc1ccc(C2CC(C(F)(F)F)n3ncc(C(=O)NCc4ccc(C)c(C)c4)c3N2)cc1. The van der Waals surface area contributed by atoms with Crippen molar-refractivity contribution in [2.75, 3.05) is 5.32 Å². The molecule has 2 N–H and O–H groups in total. The van der Waals surface area contributed by atoms with Crippen LogP contribution in [-0.4, -0.2) is 21.9 Å². The van der Waals surface area contributed by atoms with Gasteiger partial charge in [-0.25, -0.2) is 4.68 Å². The molecular formula is C25H27F3N4O. The van der Waals surface area contributed by atoms with E-state index in [1.54, 1.807) is 0 Å². The Balaban J connectivity index is 1.60. The molecule has 5 nitrogen and oxygen atoms in total. The highest BCUT2D eigenvalue weighted by Crippen LogP contribution is 2.44. The lowest BCUT2D eigenvalue weighted by Gasteiger charge is -2.34. The van der Waals surface area contributed by atoms with Crippen LogP contribution < -0.4 is 10.6 Å². The van der Waals surface area contributed by atoms with Gasteiger partial charge in [-0.2, -0.15) is 18.3 Å². The van der Waals surface area contributed by atoms with E-state index in [1.807, 2.05) is 63.2 Å². The van der Waals surface area contributed by atoms with Crippen molar-refractivity contribution < 1.29 is 18.0 Å². The van der Waals surface area contributed by atoms with Crippen molar-refractivity contribution in [1.82, 2.24) is 15.1 Å². The summed E-state index contributed by atoms with van der Waals surface area (Å²) >= 11 is 0. The topological polar surface area (TPSA) is 59.0 Å². The molecule has 1 amide bonds. The first-order valence-corrected chi connectivity index (χ1v) is 11.0. The zero-order valence-electron chi connectivity index (χ0n) is 18.8. The molecule has 3 aromatic rings. The van der Waals surface area contributed by atoms with Gasteiger partial charge >= 0.3 is 6.18 Å². The number of benzene rings is 2. The highest BCUT2D eigenvalue weighted by atomic mass is 19.4. The second-order valence-electron chi connectivity index (χ2n) is 8.54. The minimum Gasteiger partial charge on any atom is -0.363 e. The van der Waals surface area contributed by atoms with Crippen molar-refractivity contribution in [3.05, 3.63) is 82.0 Å². The fraction of sp³-hybridized carbons (Fsp3) is 0.360. The van der Waals surface area contributed by atoms with Gasteiger partial charge < -0.3 is 10.6 Å². The lowest BCUT2D eigenvalue weighted by Crippen LogP contribution is -2.36. The summed E-state index contributed by atoms with van der Waals surface area (Å²) in [7, 11) is 0. The van der Waals surface area contributed by atoms with Crippen LogP contribution in [0.25, 0.3) is 0 Å². The standard InChI is InChI=1S/C25H27F3N4O/c1-4-17-7-9-19(10-8-17)21-12-22(25(26,27)28)32-23(31-21)20(14-30-32)24(33)29-13-18-6-5-15(2)16(3)11-18/h5-11,14,21-22,31H,4,12-13H2,1-3H3,(H,29,33). The van der Waals surface area contributed by atoms with Gasteiger partial charge in [0.15, 0.2) is 6.04 Å². The van der Waals surface area contributed by atoms with Gasteiger partial charge in [0.05, 0.1) is 12.2 Å². The van der Waals surface area contributed by atoms with Crippen molar-refractivity contribution in [2.45, 2.75) is 58.4 Å². The molecule has 1 aromatic heterocycles. The highest BCUT2D eigenvalue weighted by Gasteiger charge is 2.47. The van der Waals surface area contributed by atoms with Crippen molar-refractivity contribution in [1.29, 1.82) is 0 Å². The zero-order valence-corrected chi connectivity index (χ0v) is 18.8. The van der Waals surface area contributed by atoms with Crippen LogP contribution in [0.2, 0.25) is 0 Å². The van der Waals surface area contributed by atoms with Gasteiger partial charge in [-0.3, -0.25) is 4.79 Å². The summed E-state index contributed by atoms with van der Waals surface area (Å²) in [4.78, 5) is 12.9. The van der Waals surface area contributed by atoms with Gasteiger partial charge in [0, 0.05) is 13.0 Å². The van der Waals surface area contributed by atoms with E-state index in [0.717, 1.165) is 38.9 Å². The van der Waals surface area contributed by atoms with Crippen LogP contribution in [0, 0.1) is 13.8 Å². The fourth-order valence-electron chi connectivity index (χ4n) is 4.12. The number of rotatable bonds is 5. The van der Waals surface area contributed by atoms with Gasteiger partial charge in [0.1, 0.15) is 11.4 Å². The van der Waals surface area contributed by atoms with Gasteiger partial charge in [-0.05, 0) is 48.1 Å². The molecule has 1 aliphatic rings. The molecule has 2 unspecified atom stereocenters. The Morgan fingerprint density at radius 3 is 2.45 bits per heavy atom. The number of hydrogen-bond donors (Lipinski definition) is 2. The molecule has 0 saturated carbocycles. The number of carbonyl (C=O) groups is 1. The van der Waals surface area contributed by atoms with Gasteiger partial charge in [0.25, 0.3) is 5.91 Å². The minimum absolute atomic E-state index is 0.0886. The third kappa shape index (κ3) is 4.74. The second kappa shape index (κ2) is 8.92. The van der Waals surface area contributed by atoms with Gasteiger partial charge in [-0.15, -0.1) is 0 Å². The first-order valence-electron chi connectivity index (χ1n) is 11.0. The van der Waals surface area contributed by atoms with Crippen molar-refractivity contribution >= 4 is 11.7 Å². The van der Waals surface area contributed by atoms with Crippen molar-refractivity contribution in [2.24, 2.45) is 0 Å². The summed E-state index contributed by atoms with van der Waals surface area (Å²) in [5.74, 6) is -0.379. The Bertz CT molecular complexity index is 1150. The molecule has 1 aliphatic heterocycles. The number of hydrogen-bond acceptors (Lipinski definition) is 3. The number of aryl methyl sites for hydroxylation is 3. The molecule has 2 aromatic carbocycles. The van der Waals surface area contributed by atoms with Crippen LogP contribution >= 0.6 is 0 Å². The Labute approximate surface area is 191 Å². The quantitative estimate of drug-likeness (QED) is 0.521. The summed E-state index contributed by atoms with van der Waals surface area (Å²) in [5, 5.41) is 9.88. The summed E-state index contributed by atoms with van der Waals surface area (Å²) in [6.07, 6.45) is -2.63. The smallest absolute Gasteiger partial charge is 0.363 e. The Kier molecular flexibility index (Phi) is 6.19. The number of halogens is 3. The van der Waals surface area contributed by atoms with E-state index in [-0.39, 0.29) is 24.3 Å². The first kappa shape index (κ1) is 22.9. The third-order valence-corrected chi connectivity index (χ3v) is 6.30. The number of alkyl halides is 3. The molecular weight excluding hydrogens is 429 g/mol. The van der Waals surface area contributed by atoms with E-state index in [9.17, 15) is 18.0 Å². The van der Waals surface area contributed by atoms with Crippen LogP contribution in [0.5, 0.6) is 0 Å². The lowest BCUT2D eigenvalue weighted by molar-refractivity contribution is -0.173. The summed E-state index contributed by atoms with van der Waals surface area (Å²) in [6.45, 7) is 6.29. The van der Waals surface area contributed by atoms with E-state index in [4.69, 9.17) is 0 Å². The molecule has 2 atom stereocenters. The molecule has 8 heteroatoms. The monoisotopic (exact) mass is 456 g/mol. The predicted octanol–water partition coefficient (Wildman–Crippen LogP) is 5.65. The number of fused-ring (bicyclic) bond motifs is 1. The highest BCUT2D eigenvalue weighted by molar-refractivity contribution is 5.98. The average Bonchev–Trinajstić information content (AvgIpc) is 3.22. The molecule has 0 radical (unpaired) electrons. The molecule has 2 heterocycles. The fourth-order valence-corrected chi connectivity index (χ4v) is 4.12. The molecule has 174 valence electrons. The van der Waals surface area contributed by atoms with Crippen LogP contribution in [0.1, 0.15) is 63.6 Å². The number of nitrogens with one attached hydrogen (secondary N) is 2. The number of aromatic nitrogens is 2. The van der Waals surface area contributed by atoms with Crippen LogP contribution in [0.15, 0.2) is 48.7 Å². The Hall–Kier alpha value is -3.29. The van der Waals surface area contributed by atoms with E-state index >= 15 is 0 Å². The summed E-state index contributed by atoms with van der Waals surface area (Å²) in [6, 6.07) is 11.0. The Morgan fingerprint density at radius 2 is 1.82 bits per heavy atom. The maximum atomic E-state index is 13.9. The molecule has 0 saturated heterocycles. The molecule has 0 aliphatic carbocycles. The molecule has 4 rings (SSSR count). The van der Waals surface area contributed by atoms with E-state index in [1.165, 1.54) is 6.20 Å². The molecule has 0 bridgehead atoms. The number of amides is 1. The normalized spacial score (nSPS) is 17.9. The second-order valence-corrected chi connectivity index (χ2v) is 8.54. The predicted molar refractivity (Wildman–Crippen MR) is 121 cm³/mol. The molecule has 33 heavy (non-hydrogen) atoms. The maximum absolute atomic E-state index is 13.9. The lowest BCUT2D eigenvalue weighted by atomic mass is 9.95. The van der Waals surface area contributed by atoms with Gasteiger partial charge in [0.2, 0.25) is 0 Å². The Morgan fingerprint density at radius 1 is 1.12 bits per heavy atom. The first-order chi connectivity index (χ1) is 15.7. The summed E-state index contributed by atoms with van der Waals surface area (Å²) in [5.41, 5.74) is 5.13. The average molecular weight is 457 g/mol. The number of anilines is 1. The largest absolute Gasteiger partial charge is 0.410 e. The van der Waals surface area contributed by atoms with Crippen molar-refractivity contribution in [3.63, 3.8) is 0 Å². The zero-order chi connectivity index (χ0) is 23.8. The van der Waals surface area contributed by atoms with Crippen LogP contribution in [0.4, 0.5) is 19.0 Å². The third-order valence-electron chi connectivity index (χ3n) is 6.30. The molecule has 0 fully saturated rings. The van der Waals surface area contributed by atoms with Crippen molar-refractivity contribution in [3.8, 4) is 0 Å². The number of carbonyl (C=O) groups excluding carboxylic acids is 1.